The van der Waals surface area contributed by atoms with Gasteiger partial charge in [0, 0.05) is 24.0 Å². The lowest BCUT2D eigenvalue weighted by molar-refractivity contribution is -0.116. The lowest BCUT2D eigenvalue weighted by Crippen LogP contribution is -2.25. The van der Waals surface area contributed by atoms with Crippen LogP contribution in [0.5, 0.6) is 0 Å². The molecule has 4 aromatic rings. The minimum atomic E-state index is -0.487. The highest BCUT2D eigenvalue weighted by Crippen LogP contribution is 2.27. The maximum absolute atomic E-state index is 13.3. The van der Waals surface area contributed by atoms with Crippen LogP contribution < -0.4 is 10.9 Å². The summed E-state index contributed by atoms with van der Waals surface area (Å²) in [6.45, 7) is 2.55. The summed E-state index contributed by atoms with van der Waals surface area (Å²) in [5.41, 5.74) is 3.26. The minimum absolute atomic E-state index is 0.0828. The third kappa shape index (κ3) is 4.76. The van der Waals surface area contributed by atoms with E-state index in [1.165, 1.54) is 7.11 Å². The SMILES string of the molecule is CCCCn1cnc2c(-c3ccccc3)cn(CC(=O)Nc3cccc(C(=O)OC)c3)c2c1=O. The number of esters is 1. The van der Waals surface area contributed by atoms with E-state index in [9.17, 15) is 14.4 Å². The van der Waals surface area contributed by atoms with Gasteiger partial charge in [-0.2, -0.15) is 0 Å². The quantitative estimate of drug-likeness (QED) is 0.401. The minimum Gasteiger partial charge on any atom is -0.465 e. The van der Waals surface area contributed by atoms with Crippen molar-refractivity contribution in [2.45, 2.75) is 32.9 Å². The second kappa shape index (κ2) is 10.2. The Morgan fingerprint density at radius 1 is 1.06 bits per heavy atom. The molecule has 0 unspecified atom stereocenters. The number of unbranched alkanes of at least 4 members (excludes halogenated alkanes) is 1. The van der Waals surface area contributed by atoms with E-state index in [2.05, 4.69) is 17.2 Å². The molecule has 2 aromatic heterocycles. The molecule has 8 nitrogen and oxygen atoms in total. The monoisotopic (exact) mass is 458 g/mol. The number of rotatable bonds is 8. The first-order valence-corrected chi connectivity index (χ1v) is 11.1. The van der Waals surface area contributed by atoms with Crippen molar-refractivity contribution in [2.75, 3.05) is 12.4 Å². The third-order valence-electron chi connectivity index (χ3n) is 5.56. The van der Waals surface area contributed by atoms with Crippen LogP contribution in [0, 0.1) is 0 Å². The number of nitrogens with zero attached hydrogens (tertiary/aromatic N) is 3. The first-order valence-electron chi connectivity index (χ1n) is 11.1. The first-order chi connectivity index (χ1) is 16.5. The zero-order valence-electron chi connectivity index (χ0n) is 19.2. The number of amides is 1. The highest BCUT2D eigenvalue weighted by molar-refractivity contribution is 5.97. The fourth-order valence-electron chi connectivity index (χ4n) is 3.85. The van der Waals surface area contributed by atoms with Gasteiger partial charge >= 0.3 is 5.97 Å². The molecule has 0 aliphatic rings. The van der Waals surface area contributed by atoms with E-state index in [1.54, 1.807) is 45.9 Å². The van der Waals surface area contributed by atoms with Gasteiger partial charge in [0.25, 0.3) is 5.56 Å². The fraction of sp³-hybridized carbons (Fsp3) is 0.231. The molecule has 174 valence electrons. The number of hydrogen-bond donors (Lipinski definition) is 1. The third-order valence-corrected chi connectivity index (χ3v) is 5.56. The van der Waals surface area contributed by atoms with Crippen molar-refractivity contribution in [3.63, 3.8) is 0 Å². The van der Waals surface area contributed by atoms with Crippen LogP contribution in [0.3, 0.4) is 0 Å². The summed E-state index contributed by atoms with van der Waals surface area (Å²) in [6, 6.07) is 16.2. The number of carbonyl (C=O) groups is 2. The van der Waals surface area contributed by atoms with E-state index < -0.39 is 5.97 Å². The fourth-order valence-corrected chi connectivity index (χ4v) is 3.85. The average molecular weight is 459 g/mol. The summed E-state index contributed by atoms with van der Waals surface area (Å²) in [4.78, 5) is 42.6. The lowest BCUT2D eigenvalue weighted by Gasteiger charge is -2.09. The number of ether oxygens (including phenoxy) is 1. The maximum Gasteiger partial charge on any atom is 0.337 e. The molecule has 0 aliphatic carbocycles. The van der Waals surface area contributed by atoms with Gasteiger partial charge in [-0.15, -0.1) is 0 Å². The highest BCUT2D eigenvalue weighted by atomic mass is 16.5. The number of benzene rings is 2. The Hall–Kier alpha value is -4.20. The molecule has 4 rings (SSSR count). The van der Waals surface area contributed by atoms with Crippen LogP contribution in [0.2, 0.25) is 0 Å². The second-order valence-electron chi connectivity index (χ2n) is 7.95. The largest absolute Gasteiger partial charge is 0.465 e. The Kier molecular flexibility index (Phi) is 6.87. The number of aryl methyl sites for hydroxylation is 1. The van der Waals surface area contributed by atoms with E-state index in [-0.39, 0.29) is 18.0 Å². The van der Waals surface area contributed by atoms with Crippen molar-refractivity contribution in [2.24, 2.45) is 0 Å². The van der Waals surface area contributed by atoms with E-state index in [0.29, 0.717) is 28.8 Å². The van der Waals surface area contributed by atoms with Crippen LogP contribution >= 0.6 is 0 Å². The molecular formula is C26H26N4O4. The standard InChI is InChI=1S/C26H26N4O4/c1-3-4-13-29-17-27-23-21(18-9-6-5-7-10-18)15-30(24(23)25(29)32)16-22(31)28-20-12-8-11-19(14-20)26(33)34-2/h5-12,14-15,17H,3-4,13,16H2,1-2H3,(H,28,31). The predicted molar refractivity (Wildman–Crippen MR) is 131 cm³/mol. The molecule has 2 heterocycles. The molecule has 0 spiro atoms. The number of methoxy groups -OCH3 is 1. The summed E-state index contributed by atoms with van der Waals surface area (Å²) in [6.07, 6.45) is 5.18. The van der Waals surface area contributed by atoms with Crippen molar-refractivity contribution in [1.29, 1.82) is 0 Å². The van der Waals surface area contributed by atoms with Crippen LogP contribution in [-0.4, -0.2) is 33.1 Å². The smallest absolute Gasteiger partial charge is 0.337 e. The van der Waals surface area contributed by atoms with Crippen molar-refractivity contribution >= 4 is 28.6 Å². The Morgan fingerprint density at radius 3 is 2.59 bits per heavy atom. The molecular weight excluding hydrogens is 432 g/mol. The van der Waals surface area contributed by atoms with Crippen molar-refractivity contribution in [3.8, 4) is 11.1 Å². The summed E-state index contributed by atoms with van der Waals surface area (Å²) in [7, 11) is 1.30. The number of anilines is 1. The van der Waals surface area contributed by atoms with Gasteiger partial charge in [0.05, 0.1) is 19.0 Å². The zero-order chi connectivity index (χ0) is 24.1. The topological polar surface area (TPSA) is 95.2 Å². The molecule has 0 saturated heterocycles. The summed E-state index contributed by atoms with van der Waals surface area (Å²) >= 11 is 0. The Balaban J connectivity index is 1.70. The van der Waals surface area contributed by atoms with Crippen molar-refractivity contribution in [3.05, 3.63) is 83.0 Å². The molecule has 2 aromatic carbocycles. The molecule has 34 heavy (non-hydrogen) atoms. The molecule has 0 saturated carbocycles. The van der Waals surface area contributed by atoms with Crippen LogP contribution in [0.15, 0.2) is 71.9 Å². The van der Waals surface area contributed by atoms with Crippen molar-refractivity contribution < 1.29 is 14.3 Å². The lowest BCUT2D eigenvalue weighted by atomic mass is 10.1. The van der Waals surface area contributed by atoms with Crippen molar-refractivity contribution in [1.82, 2.24) is 14.1 Å². The molecule has 0 bridgehead atoms. The molecule has 0 aliphatic heterocycles. The van der Waals surface area contributed by atoms with Gasteiger partial charge in [-0.25, -0.2) is 9.78 Å². The van der Waals surface area contributed by atoms with Gasteiger partial charge in [0.15, 0.2) is 0 Å². The first kappa shape index (κ1) is 23.0. The average Bonchev–Trinajstić information content (AvgIpc) is 3.22. The van der Waals surface area contributed by atoms with E-state index in [0.717, 1.165) is 24.0 Å². The molecule has 0 atom stereocenters. The second-order valence-corrected chi connectivity index (χ2v) is 7.95. The van der Waals surface area contributed by atoms with E-state index in [4.69, 9.17) is 4.74 Å². The molecule has 0 fully saturated rings. The molecule has 0 radical (unpaired) electrons. The molecule has 1 N–H and O–H groups in total. The zero-order valence-corrected chi connectivity index (χ0v) is 19.2. The van der Waals surface area contributed by atoms with Crippen LogP contribution in [0.4, 0.5) is 5.69 Å². The normalized spacial score (nSPS) is 10.9. The van der Waals surface area contributed by atoms with Gasteiger partial charge in [-0.3, -0.25) is 14.2 Å². The summed E-state index contributed by atoms with van der Waals surface area (Å²) < 4.78 is 7.98. The number of nitrogens with one attached hydrogen (secondary N) is 1. The highest BCUT2D eigenvalue weighted by Gasteiger charge is 2.18. The number of carbonyl (C=O) groups excluding carboxylic acids is 2. The van der Waals surface area contributed by atoms with Crippen LogP contribution in [-0.2, 0) is 22.6 Å². The van der Waals surface area contributed by atoms with E-state index >= 15 is 0 Å². The summed E-state index contributed by atoms with van der Waals surface area (Å²) in [5.74, 6) is -0.819. The number of fused-ring (bicyclic) bond motifs is 1. The Bertz CT molecular complexity index is 1390. The summed E-state index contributed by atoms with van der Waals surface area (Å²) in [5, 5.41) is 2.80. The number of aromatic nitrogens is 3. The Morgan fingerprint density at radius 2 is 1.85 bits per heavy atom. The maximum atomic E-state index is 13.3. The molecule has 1 amide bonds. The van der Waals surface area contributed by atoms with Crippen LogP contribution in [0.25, 0.3) is 22.2 Å². The Labute approximate surface area is 196 Å². The van der Waals surface area contributed by atoms with Gasteiger partial charge < -0.3 is 14.6 Å². The van der Waals surface area contributed by atoms with Gasteiger partial charge in [-0.05, 0) is 30.2 Å². The van der Waals surface area contributed by atoms with Gasteiger partial charge in [-0.1, -0.05) is 49.7 Å². The van der Waals surface area contributed by atoms with Gasteiger partial charge in [0.2, 0.25) is 5.91 Å². The predicted octanol–water partition coefficient (Wildman–Crippen LogP) is 4.09. The van der Waals surface area contributed by atoms with E-state index in [1.807, 2.05) is 30.3 Å². The van der Waals surface area contributed by atoms with Gasteiger partial charge in [0.1, 0.15) is 17.6 Å². The molecule has 8 heteroatoms. The van der Waals surface area contributed by atoms with Crippen LogP contribution in [0.1, 0.15) is 30.1 Å². The number of hydrogen-bond acceptors (Lipinski definition) is 5.